The molecule has 108 valence electrons. The van der Waals surface area contributed by atoms with Crippen molar-refractivity contribution in [2.45, 2.75) is 33.2 Å². The van der Waals surface area contributed by atoms with Crippen LogP contribution in [0.4, 0.5) is 5.82 Å². The Morgan fingerprint density at radius 2 is 2.05 bits per heavy atom. The summed E-state index contributed by atoms with van der Waals surface area (Å²) in [7, 11) is 1.99. The highest BCUT2D eigenvalue weighted by Gasteiger charge is 2.21. The maximum absolute atomic E-state index is 9.19. The molecule has 0 saturated carbocycles. The van der Waals surface area contributed by atoms with E-state index in [1.54, 1.807) is 0 Å². The van der Waals surface area contributed by atoms with Crippen LogP contribution in [0.2, 0.25) is 0 Å². The van der Waals surface area contributed by atoms with Gasteiger partial charge in [-0.05, 0) is 45.7 Å². The highest BCUT2D eigenvalue weighted by molar-refractivity contribution is 5.47. The average Bonchev–Trinajstić information content (AvgIpc) is 2.67. The zero-order valence-corrected chi connectivity index (χ0v) is 12.3. The lowest BCUT2D eigenvalue weighted by Crippen LogP contribution is -2.34. The molecule has 2 N–H and O–H groups in total. The van der Waals surface area contributed by atoms with Gasteiger partial charge in [-0.1, -0.05) is 0 Å². The zero-order valence-electron chi connectivity index (χ0n) is 12.3. The van der Waals surface area contributed by atoms with Gasteiger partial charge < -0.3 is 10.4 Å². The first-order chi connectivity index (χ1) is 9.15. The van der Waals surface area contributed by atoms with Crippen LogP contribution in [0.1, 0.15) is 31.0 Å². The van der Waals surface area contributed by atoms with E-state index in [-0.39, 0.29) is 0 Å². The Morgan fingerprint density at radius 1 is 1.37 bits per heavy atom. The van der Waals surface area contributed by atoms with Gasteiger partial charge in [-0.25, -0.2) is 0 Å². The Morgan fingerprint density at radius 3 is 2.63 bits per heavy atom. The summed E-state index contributed by atoms with van der Waals surface area (Å²) >= 11 is 0. The Bertz CT molecular complexity index is 408. The summed E-state index contributed by atoms with van der Waals surface area (Å²) in [5.74, 6) is 1.64. The molecule has 5 heteroatoms. The third-order valence-corrected chi connectivity index (χ3v) is 4.04. The lowest BCUT2D eigenvalue weighted by Gasteiger charge is -2.31. The minimum atomic E-state index is 0.336. The quantitative estimate of drug-likeness (QED) is 0.845. The van der Waals surface area contributed by atoms with Crippen molar-refractivity contribution < 1.29 is 5.11 Å². The average molecular weight is 266 g/mol. The molecule has 0 bridgehead atoms. The predicted molar refractivity (Wildman–Crippen MR) is 77.2 cm³/mol. The monoisotopic (exact) mass is 266 g/mol. The predicted octanol–water partition coefficient (Wildman–Crippen LogP) is 1.36. The van der Waals surface area contributed by atoms with Crippen molar-refractivity contribution in [2.24, 2.45) is 13.0 Å². The third-order valence-electron chi connectivity index (χ3n) is 4.04. The number of rotatable bonds is 5. The highest BCUT2D eigenvalue weighted by atomic mass is 16.3. The topological polar surface area (TPSA) is 53.3 Å². The zero-order chi connectivity index (χ0) is 13.8. The normalized spacial score (nSPS) is 17.9. The van der Waals surface area contributed by atoms with E-state index in [0.717, 1.165) is 50.5 Å². The van der Waals surface area contributed by atoms with Crippen LogP contribution in [-0.4, -0.2) is 46.0 Å². The van der Waals surface area contributed by atoms with Crippen molar-refractivity contribution >= 4 is 5.82 Å². The number of aliphatic hydroxyl groups is 1. The van der Waals surface area contributed by atoms with E-state index < -0.39 is 0 Å². The van der Waals surface area contributed by atoms with E-state index in [4.69, 9.17) is 0 Å². The molecule has 1 aromatic heterocycles. The molecule has 0 aromatic carbocycles. The molecule has 1 aliphatic heterocycles. The molecule has 1 saturated heterocycles. The first-order valence-corrected chi connectivity index (χ1v) is 7.25. The van der Waals surface area contributed by atoms with Crippen LogP contribution < -0.4 is 5.32 Å². The standard InChI is InChI=1S/C14H26N4O/c1-4-15-14-13(11(2)16-17(14)3)9-18-7-5-12(10-19)6-8-18/h12,15,19H,4-10H2,1-3H3. The lowest BCUT2D eigenvalue weighted by molar-refractivity contribution is 0.127. The molecule has 0 unspecified atom stereocenters. The fourth-order valence-corrected chi connectivity index (χ4v) is 2.83. The first-order valence-electron chi connectivity index (χ1n) is 7.25. The van der Waals surface area contributed by atoms with Crippen LogP contribution in [0.3, 0.4) is 0 Å². The van der Waals surface area contributed by atoms with Crippen molar-refractivity contribution in [2.75, 3.05) is 31.6 Å². The van der Waals surface area contributed by atoms with Gasteiger partial charge in [-0.15, -0.1) is 0 Å². The molecule has 1 aromatic rings. The number of hydrogen-bond donors (Lipinski definition) is 2. The van der Waals surface area contributed by atoms with Gasteiger partial charge in [0.25, 0.3) is 0 Å². The Balaban J connectivity index is 2.03. The fraction of sp³-hybridized carbons (Fsp3) is 0.786. The maximum atomic E-state index is 9.19. The van der Waals surface area contributed by atoms with E-state index in [1.807, 2.05) is 11.7 Å². The number of anilines is 1. The van der Waals surface area contributed by atoms with Gasteiger partial charge in [-0.2, -0.15) is 5.10 Å². The molecule has 2 heterocycles. The van der Waals surface area contributed by atoms with Crippen LogP contribution >= 0.6 is 0 Å². The van der Waals surface area contributed by atoms with Crippen LogP contribution in [0.15, 0.2) is 0 Å². The summed E-state index contributed by atoms with van der Waals surface area (Å²) in [5.41, 5.74) is 2.43. The van der Waals surface area contributed by atoms with Crippen LogP contribution in [0.25, 0.3) is 0 Å². The maximum Gasteiger partial charge on any atom is 0.128 e. The molecule has 0 atom stereocenters. The van der Waals surface area contributed by atoms with Gasteiger partial charge in [0.05, 0.1) is 5.69 Å². The summed E-state index contributed by atoms with van der Waals surface area (Å²) in [4.78, 5) is 2.47. The number of nitrogens with zero attached hydrogens (tertiary/aromatic N) is 3. The van der Waals surface area contributed by atoms with E-state index in [0.29, 0.717) is 12.5 Å². The number of hydrogen-bond acceptors (Lipinski definition) is 4. The molecule has 1 fully saturated rings. The van der Waals surface area contributed by atoms with Crippen molar-refractivity contribution in [1.82, 2.24) is 14.7 Å². The van der Waals surface area contributed by atoms with Gasteiger partial charge in [0.1, 0.15) is 5.82 Å². The SMILES string of the molecule is CCNc1c(CN2CCC(CO)CC2)c(C)nn1C. The molecule has 0 radical (unpaired) electrons. The molecule has 5 nitrogen and oxygen atoms in total. The number of piperidine rings is 1. The van der Waals surface area contributed by atoms with E-state index in [1.165, 1.54) is 5.56 Å². The summed E-state index contributed by atoms with van der Waals surface area (Å²) in [6, 6.07) is 0. The largest absolute Gasteiger partial charge is 0.396 e. The summed E-state index contributed by atoms with van der Waals surface area (Å²) in [6.45, 7) is 8.55. The van der Waals surface area contributed by atoms with Crippen LogP contribution in [0.5, 0.6) is 0 Å². The second-order valence-corrected chi connectivity index (χ2v) is 5.47. The third kappa shape index (κ3) is 3.28. The van der Waals surface area contributed by atoms with Crippen molar-refractivity contribution in [3.63, 3.8) is 0 Å². The van der Waals surface area contributed by atoms with E-state index in [2.05, 4.69) is 29.2 Å². The lowest BCUT2D eigenvalue weighted by atomic mass is 9.97. The Labute approximate surface area is 115 Å². The van der Waals surface area contributed by atoms with Gasteiger partial charge in [-0.3, -0.25) is 9.58 Å². The van der Waals surface area contributed by atoms with Crippen LogP contribution in [-0.2, 0) is 13.6 Å². The Hall–Kier alpha value is -1.07. The molecular formula is C14H26N4O. The van der Waals surface area contributed by atoms with Crippen molar-refractivity contribution in [3.05, 3.63) is 11.3 Å². The van der Waals surface area contributed by atoms with Crippen molar-refractivity contribution in [1.29, 1.82) is 0 Å². The smallest absolute Gasteiger partial charge is 0.128 e. The number of aryl methyl sites for hydroxylation is 2. The van der Waals surface area contributed by atoms with Crippen molar-refractivity contribution in [3.8, 4) is 0 Å². The summed E-state index contributed by atoms with van der Waals surface area (Å²) in [5, 5.41) is 17.1. The second-order valence-electron chi connectivity index (χ2n) is 5.47. The molecule has 19 heavy (non-hydrogen) atoms. The molecule has 0 aliphatic carbocycles. The number of nitrogens with one attached hydrogen (secondary N) is 1. The van der Waals surface area contributed by atoms with Gasteiger partial charge in [0, 0.05) is 32.3 Å². The number of aromatic nitrogens is 2. The van der Waals surface area contributed by atoms with Gasteiger partial charge in [0.2, 0.25) is 0 Å². The van der Waals surface area contributed by atoms with Gasteiger partial charge >= 0.3 is 0 Å². The number of likely N-dealkylation sites (tertiary alicyclic amines) is 1. The number of aliphatic hydroxyl groups excluding tert-OH is 1. The molecule has 2 rings (SSSR count). The molecule has 0 amide bonds. The minimum Gasteiger partial charge on any atom is -0.396 e. The molecular weight excluding hydrogens is 240 g/mol. The molecule has 0 spiro atoms. The summed E-state index contributed by atoms with van der Waals surface area (Å²) in [6.07, 6.45) is 2.21. The van der Waals surface area contributed by atoms with E-state index >= 15 is 0 Å². The Kier molecular flexibility index (Phi) is 4.82. The first kappa shape index (κ1) is 14.3. The van der Waals surface area contributed by atoms with E-state index in [9.17, 15) is 5.11 Å². The second kappa shape index (κ2) is 6.39. The van der Waals surface area contributed by atoms with Gasteiger partial charge in [0.15, 0.2) is 0 Å². The van der Waals surface area contributed by atoms with Crippen LogP contribution in [0, 0.1) is 12.8 Å². The summed E-state index contributed by atoms with van der Waals surface area (Å²) < 4.78 is 1.94. The molecule has 1 aliphatic rings. The fourth-order valence-electron chi connectivity index (χ4n) is 2.83. The highest BCUT2D eigenvalue weighted by Crippen LogP contribution is 2.24. The minimum absolute atomic E-state index is 0.336.